The summed E-state index contributed by atoms with van der Waals surface area (Å²) < 4.78 is 32.4. The summed E-state index contributed by atoms with van der Waals surface area (Å²) in [7, 11) is -3.62. The van der Waals surface area contributed by atoms with Crippen LogP contribution in [-0.2, 0) is 19.6 Å². The molecule has 1 N–H and O–H groups in total. The highest BCUT2D eigenvalue weighted by atomic mass is 32.2. The Labute approximate surface area is 183 Å². The summed E-state index contributed by atoms with van der Waals surface area (Å²) in [5.74, 6) is -0.531. The first-order chi connectivity index (χ1) is 14.7. The number of rotatable bonds is 6. The van der Waals surface area contributed by atoms with Crippen molar-refractivity contribution in [3.63, 3.8) is 0 Å². The molecule has 8 heteroatoms. The van der Waals surface area contributed by atoms with E-state index in [1.807, 2.05) is 32.9 Å². The Hall–Kier alpha value is -2.71. The van der Waals surface area contributed by atoms with Crippen LogP contribution in [0.25, 0.3) is 0 Å². The van der Waals surface area contributed by atoms with E-state index in [9.17, 15) is 18.0 Å². The van der Waals surface area contributed by atoms with Gasteiger partial charge < -0.3 is 10.1 Å². The van der Waals surface area contributed by atoms with Crippen molar-refractivity contribution in [3.05, 3.63) is 59.7 Å². The SMILES string of the molecule is Cc1ccccc1NC(=O)COC(=O)c1ccc(S(=O)(=O)N2C[C@H](C)C[C@H](C)C2)cc1. The Morgan fingerprint density at radius 3 is 2.26 bits per heavy atom. The molecule has 0 saturated carbocycles. The van der Waals surface area contributed by atoms with E-state index in [-0.39, 0.29) is 10.5 Å². The molecule has 1 heterocycles. The third-order valence-electron chi connectivity index (χ3n) is 5.32. The quantitative estimate of drug-likeness (QED) is 0.689. The Bertz CT molecular complexity index is 1040. The Kier molecular flexibility index (Phi) is 7.12. The van der Waals surface area contributed by atoms with Crippen LogP contribution in [-0.4, -0.2) is 44.3 Å². The van der Waals surface area contributed by atoms with E-state index in [0.29, 0.717) is 30.6 Å². The lowest BCUT2D eigenvalue weighted by Crippen LogP contribution is -2.42. The van der Waals surface area contributed by atoms with Gasteiger partial charge in [0.25, 0.3) is 5.91 Å². The average molecular weight is 445 g/mol. The van der Waals surface area contributed by atoms with Gasteiger partial charge in [0.05, 0.1) is 10.5 Å². The fourth-order valence-electron chi connectivity index (χ4n) is 3.83. The number of carbonyl (C=O) groups excluding carboxylic acids is 2. The topological polar surface area (TPSA) is 92.8 Å². The second-order valence-electron chi connectivity index (χ2n) is 8.23. The highest BCUT2D eigenvalue weighted by molar-refractivity contribution is 7.89. The van der Waals surface area contributed by atoms with Gasteiger partial charge in [0.1, 0.15) is 0 Å². The number of nitrogens with zero attached hydrogens (tertiary/aromatic N) is 1. The van der Waals surface area contributed by atoms with E-state index in [2.05, 4.69) is 5.32 Å². The predicted molar refractivity (Wildman–Crippen MR) is 118 cm³/mol. The molecule has 1 saturated heterocycles. The van der Waals surface area contributed by atoms with Gasteiger partial charge in [-0.15, -0.1) is 0 Å². The molecule has 0 bridgehead atoms. The zero-order chi connectivity index (χ0) is 22.6. The molecular weight excluding hydrogens is 416 g/mol. The zero-order valence-electron chi connectivity index (χ0n) is 18.0. The second kappa shape index (κ2) is 9.62. The molecule has 1 aliphatic rings. The number of para-hydroxylation sites is 1. The number of ether oxygens (including phenoxy) is 1. The monoisotopic (exact) mass is 444 g/mol. The molecule has 2 aromatic carbocycles. The number of amides is 1. The van der Waals surface area contributed by atoms with Crippen LogP contribution < -0.4 is 5.32 Å². The number of piperidine rings is 1. The summed E-state index contributed by atoms with van der Waals surface area (Å²) in [6.07, 6.45) is 1.01. The first kappa shape index (κ1) is 23.0. The fourth-order valence-corrected chi connectivity index (χ4v) is 5.51. The predicted octanol–water partition coefficient (Wildman–Crippen LogP) is 3.46. The van der Waals surface area contributed by atoms with Crippen LogP contribution in [0.15, 0.2) is 53.4 Å². The first-order valence-electron chi connectivity index (χ1n) is 10.3. The molecule has 0 radical (unpaired) electrons. The number of hydrogen-bond donors (Lipinski definition) is 1. The summed E-state index contributed by atoms with van der Waals surface area (Å²) in [5.41, 5.74) is 1.74. The van der Waals surface area contributed by atoms with Crippen molar-refractivity contribution in [1.82, 2.24) is 4.31 Å². The minimum absolute atomic E-state index is 0.141. The standard InChI is InChI=1S/C23H28N2O5S/c1-16-12-17(2)14-25(13-16)31(28,29)20-10-8-19(9-11-20)23(27)30-15-22(26)24-21-7-5-4-6-18(21)3/h4-11,16-17H,12-15H2,1-3H3,(H,24,26)/t16-,17+. The van der Waals surface area contributed by atoms with Crippen LogP contribution >= 0.6 is 0 Å². The minimum atomic E-state index is -3.62. The molecule has 1 amide bonds. The lowest BCUT2D eigenvalue weighted by Gasteiger charge is -2.34. The molecule has 1 aliphatic heterocycles. The van der Waals surface area contributed by atoms with E-state index >= 15 is 0 Å². The van der Waals surface area contributed by atoms with Crippen molar-refractivity contribution in [2.24, 2.45) is 11.8 Å². The molecule has 0 unspecified atom stereocenters. The maximum atomic E-state index is 12.9. The van der Waals surface area contributed by atoms with E-state index < -0.39 is 28.5 Å². The van der Waals surface area contributed by atoms with Crippen molar-refractivity contribution >= 4 is 27.6 Å². The average Bonchev–Trinajstić information content (AvgIpc) is 2.73. The van der Waals surface area contributed by atoms with Gasteiger partial charge >= 0.3 is 5.97 Å². The lowest BCUT2D eigenvalue weighted by atomic mass is 9.94. The van der Waals surface area contributed by atoms with Crippen LogP contribution in [0.3, 0.4) is 0 Å². The summed E-state index contributed by atoms with van der Waals surface area (Å²) in [6.45, 7) is 6.51. The molecule has 0 aliphatic carbocycles. The van der Waals surface area contributed by atoms with Crippen LogP contribution in [0.5, 0.6) is 0 Å². The molecule has 0 spiro atoms. The molecule has 3 rings (SSSR count). The van der Waals surface area contributed by atoms with Gasteiger partial charge in [-0.1, -0.05) is 32.0 Å². The number of aryl methyl sites for hydroxylation is 1. The zero-order valence-corrected chi connectivity index (χ0v) is 18.8. The van der Waals surface area contributed by atoms with Crippen molar-refractivity contribution < 1.29 is 22.7 Å². The molecule has 0 aromatic heterocycles. The molecule has 7 nitrogen and oxygen atoms in total. The van der Waals surface area contributed by atoms with E-state index in [0.717, 1.165) is 12.0 Å². The third-order valence-corrected chi connectivity index (χ3v) is 7.16. The molecule has 166 valence electrons. The Morgan fingerprint density at radius 1 is 1.03 bits per heavy atom. The number of benzene rings is 2. The maximum absolute atomic E-state index is 12.9. The van der Waals surface area contributed by atoms with Gasteiger partial charge in [0, 0.05) is 18.8 Å². The van der Waals surface area contributed by atoms with Gasteiger partial charge in [-0.2, -0.15) is 4.31 Å². The van der Waals surface area contributed by atoms with Crippen LogP contribution in [0, 0.1) is 18.8 Å². The van der Waals surface area contributed by atoms with Crippen LogP contribution in [0.2, 0.25) is 0 Å². The summed E-state index contributed by atoms with van der Waals surface area (Å²) in [6, 6.07) is 12.9. The fraction of sp³-hybridized carbons (Fsp3) is 0.391. The van der Waals surface area contributed by atoms with Gasteiger partial charge in [-0.3, -0.25) is 4.79 Å². The third kappa shape index (κ3) is 5.71. The molecule has 2 atom stereocenters. The Morgan fingerprint density at radius 2 is 1.65 bits per heavy atom. The van der Waals surface area contributed by atoms with Crippen molar-refractivity contribution in [2.75, 3.05) is 25.0 Å². The number of sulfonamides is 1. The number of nitrogens with one attached hydrogen (secondary N) is 1. The number of hydrogen-bond acceptors (Lipinski definition) is 5. The van der Waals surface area contributed by atoms with Gasteiger partial charge in [0.15, 0.2) is 6.61 Å². The minimum Gasteiger partial charge on any atom is -0.452 e. The number of esters is 1. The lowest BCUT2D eigenvalue weighted by molar-refractivity contribution is -0.119. The van der Waals surface area contributed by atoms with Gasteiger partial charge in [-0.25, -0.2) is 13.2 Å². The molecule has 1 fully saturated rings. The molecular formula is C23H28N2O5S. The Balaban J connectivity index is 1.59. The highest BCUT2D eigenvalue weighted by Gasteiger charge is 2.31. The highest BCUT2D eigenvalue weighted by Crippen LogP contribution is 2.26. The van der Waals surface area contributed by atoms with Gasteiger partial charge in [0.2, 0.25) is 10.0 Å². The summed E-state index contributed by atoms with van der Waals surface area (Å²) in [4.78, 5) is 24.4. The second-order valence-corrected chi connectivity index (χ2v) is 10.2. The van der Waals surface area contributed by atoms with Crippen molar-refractivity contribution in [3.8, 4) is 0 Å². The van der Waals surface area contributed by atoms with E-state index in [1.54, 1.807) is 12.1 Å². The van der Waals surface area contributed by atoms with Crippen molar-refractivity contribution in [2.45, 2.75) is 32.1 Å². The smallest absolute Gasteiger partial charge is 0.338 e. The number of anilines is 1. The maximum Gasteiger partial charge on any atom is 0.338 e. The van der Waals surface area contributed by atoms with Gasteiger partial charge in [-0.05, 0) is 61.1 Å². The molecule has 31 heavy (non-hydrogen) atoms. The molecule has 2 aromatic rings. The van der Waals surface area contributed by atoms with E-state index in [4.69, 9.17) is 4.74 Å². The van der Waals surface area contributed by atoms with Crippen LogP contribution in [0.1, 0.15) is 36.2 Å². The summed E-state index contributed by atoms with van der Waals surface area (Å²) >= 11 is 0. The van der Waals surface area contributed by atoms with E-state index in [1.165, 1.54) is 28.6 Å². The largest absolute Gasteiger partial charge is 0.452 e. The normalized spacial score (nSPS) is 19.6. The van der Waals surface area contributed by atoms with Crippen LogP contribution in [0.4, 0.5) is 5.69 Å². The summed E-state index contributed by atoms with van der Waals surface area (Å²) in [5, 5.41) is 2.69. The van der Waals surface area contributed by atoms with Crippen molar-refractivity contribution in [1.29, 1.82) is 0 Å². The number of carbonyl (C=O) groups is 2. The first-order valence-corrected chi connectivity index (χ1v) is 11.7.